The number of piperidine rings is 1. The molecule has 0 radical (unpaired) electrons. The average Bonchev–Trinajstić information content (AvgIpc) is 2.75. The van der Waals surface area contributed by atoms with Crippen LogP contribution in [0.15, 0.2) is 47.4 Å². The standard InChI is InChI=1S/C21H23ClN4O4/c1-25-10-4-5-15(20(25)29)21(30)26-11-8-14(9-12-26)13-23-18(27)19(28)24-17-7-3-2-6-16(17)22/h2-7,10,14H,8-9,11-13H2,1H3,(H,23,27)(H,24,28). The number of carbonyl (C=O) groups is 3. The van der Waals surface area contributed by atoms with Gasteiger partial charge in [-0.2, -0.15) is 0 Å². The molecule has 0 aliphatic carbocycles. The van der Waals surface area contributed by atoms with Gasteiger partial charge in [0.15, 0.2) is 0 Å². The molecule has 2 heterocycles. The predicted molar refractivity (Wildman–Crippen MR) is 113 cm³/mol. The van der Waals surface area contributed by atoms with E-state index in [1.807, 2.05) is 0 Å². The maximum atomic E-state index is 12.6. The molecular formula is C21H23ClN4O4. The summed E-state index contributed by atoms with van der Waals surface area (Å²) >= 11 is 5.97. The van der Waals surface area contributed by atoms with Crippen LogP contribution in [-0.2, 0) is 16.6 Å². The van der Waals surface area contributed by atoms with Crippen LogP contribution in [0.2, 0.25) is 5.02 Å². The van der Waals surface area contributed by atoms with Crippen molar-refractivity contribution in [1.82, 2.24) is 14.8 Å². The lowest BCUT2D eigenvalue weighted by molar-refractivity contribution is -0.136. The zero-order valence-electron chi connectivity index (χ0n) is 16.6. The molecule has 1 saturated heterocycles. The lowest BCUT2D eigenvalue weighted by Gasteiger charge is -2.32. The van der Waals surface area contributed by atoms with E-state index in [2.05, 4.69) is 10.6 Å². The van der Waals surface area contributed by atoms with Crippen molar-refractivity contribution in [2.75, 3.05) is 25.0 Å². The Labute approximate surface area is 178 Å². The predicted octanol–water partition coefficient (Wildman–Crippen LogP) is 1.65. The maximum Gasteiger partial charge on any atom is 0.313 e. The number of para-hydroxylation sites is 1. The topological polar surface area (TPSA) is 101 Å². The van der Waals surface area contributed by atoms with Gasteiger partial charge in [-0.15, -0.1) is 0 Å². The fraction of sp³-hybridized carbons (Fsp3) is 0.333. The molecule has 1 aromatic carbocycles. The van der Waals surface area contributed by atoms with Crippen molar-refractivity contribution in [3.05, 3.63) is 63.5 Å². The molecule has 0 spiro atoms. The first-order chi connectivity index (χ1) is 14.4. The highest BCUT2D eigenvalue weighted by atomic mass is 35.5. The summed E-state index contributed by atoms with van der Waals surface area (Å²) in [6.45, 7) is 1.32. The van der Waals surface area contributed by atoms with E-state index in [-0.39, 0.29) is 22.9 Å². The van der Waals surface area contributed by atoms with Crippen molar-refractivity contribution in [3.63, 3.8) is 0 Å². The number of rotatable bonds is 4. The van der Waals surface area contributed by atoms with Crippen LogP contribution in [0, 0.1) is 5.92 Å². The van der Waals surface area contributed by atoms with Gasteiger partial charge >= 0.3 is 11.8 Å². The number of carbonyl (C=O) groups excluding carboxylic acids is 3. The Morgan fingerprint density at radius 3 is 2.47 bits per heavy atom. The summed E-state index contributed by atoms with van der Waals surface area (Å²) in [4.78, 5) is 50.5. The van der Waals surface area contributed by atoms with E-state index in [1.165, 1.54) is 10.6 Å². The van der Waals surface area contributed by atoms with Crippen LogP contribution in [0.1, 0.15) is 23.2 Å². The molecule has 9 heteroatoms. The van der Waals surface area contributed by atoms with Gasteiger partial charge in [-0.1, -0.05) is 23.7 Å². The number of nitrogens with one attached hydrogen (secondary N) is 2. The van der Waals surface area contributed by atoms with Crippen LogP contribution in [0.25, 0.3) is 0 Å². The number of aryl methyl sites for hydroxylation is 1. The molecule has 30 heavy (non-hydrogen) atoms. The van der Waals surface area contributed by atoms with Crippen molar-refractivity contribution in [2.24, 2.45) is 13.0 Å². The SMILES string of the molecule is Cn1cccc(C(=O)N2CCC(CNC(=O)C(=O)Nc3ccccc3Cl)CC2)c1=O. The molecule has 1 aromatic heterocycles. The van der Waals surface area contributed by atoms with Gasteiger partial charge in [0.05, 0.1) is 10.7 Å². The van der Waals surface area contributed by atoms with Crippen LogP contribution in [0.4, 0.5) is 5.69 Å². The van der Waals surface area contributed by atoms with Crippen molar-refractivity contribution in [2.45, 2.75) is 12.8 Å². The molecule has 1 aliphatic heterocycles. The van der Waals surface area contributed by atoms with E-state index in [9.17, 15) is 19.2 Å². The van der Waals surface area contributed by atoms with Gasteiger partial charge in [0, 0.05) is 32.9 Å². The monoisotopic (exact) mass is 430 g/mol. The summed E-state index contributed by atoms with van der Waals surface area (Å²) in [5.41, 5.74) is 0.211. The molecule has 0 bridgehead atoms. The number of pyridine rings is 1. The van der Waals surface area contributed by atoms with Gasteiger partial charge in [0.1, 0.15) is 5.56 Å². The third kappa shape index (κ3) is 5.07. The molecule has 2 aromatic rings. The van der Waals surface area contributed by atoms with Gasteiger partial charge in [-0.25, -0.2) is 0 Å². The number of hydrogen-bond acceptors (Lipinski definition) is 4. The number of anilines is 1. The first-order valence-electron chi connectivity index (χ1n) is 9.65. The smallest absolute Gasteiger partial charge is 0.313 e. The van der Waals surface area contributed by atoms with Gasteiger partial charge in [-0.3, -0.25) is 19.2 Å². The average molecular weight is 431 g/mol. The van der Waals surface area contributed by atoms with E-state index in [4.69, 9.17) is 11.6 Å². The molecule has 2 N–H and O–H groups in total. The number of aromatic nitrogens is 1. The van der Waals surface area contributed by atoms with E-state index in [0.29, 0.717) is 43.2 Å². The Balaban J connectivity index is 1.46. The van der Waals surface area contributed by atoms with Gasteiger partial charge < -0.3 is 20.1 Å². The van der Waals surface area contributed by atoms with Crippen LogP contribution >= 0.6 is 11.6 Å². The lowest BCUT2D eigenvalue weighted by atomic mass is 9.96. The Hall–Kier alpha value is -3.13. The summed E-state index contributed by atoms with van der Waals surface area (Å²) in [7, 11) is 1.61. The van der Waals surface area contributed by atoms with Gasteiger partial charge in [-0.05, 0) is 43.0 Å². The minimum absolute atomic E-state index is 0.143. The highest BCUT2D eigenvalue weighted by molar-refractivity contribution is 6.41. The summed E-state index contributed by atoms with van der Waals surface area (Å²) in [5.74, 6) is -1.65. The highest BCUT2D eigenvalue weighted by Crippen LogP contribution is 2.20. The van der Waals surface area contributed by atoms with Crippen molar-refractivity contribution >= 4 is 35.0 Å². The number of nitrogens with zero attached hydrogens (tertiary/aromatic N) is 2. The molecular weight excluding hydrogens is 408 g/mol. The Bertz CT molecular complexity index is 1010. The number of likely N-dealkylation sites (tertiary alicyclic amines) is 1. The molecule has 0 atom stereocenters. The van der Waals surface area contributed by atoms with Crippen LogP contribution < -0.4 is 16.2 Å². The minimum atomic E-state index is -0.782. The Kier molecular flexibility index (Phi) is 6.89. The van der Waals surface area contributed by atoms with E-state index >= 15 is 0 Å². The molecule has 1 fully saturated rings. The van der Waals surface area contributed by atoms with E-state index in [1.54, 1.807) is 48.5 Å². The zero-order chi connectivity index (χ0) is 21.7. The van der Waals surface area contributed by atoms with Gasteiger partial charge in [0.2, 0.25) is 0 Å². The molecule has 8 nitrogen and oxygen atoms in total. The molecule has 0 unspecified atom stereocenters. The molecule has 0 saturated carbocycles. The number of benzene rings is 1. The van der Waals surface area contributed by atoms with Crippen molar-refractivity contribution < 1.29 is 14.4 Å². The zero-order valence-corrected chi connectivity index (χ0v) is 17.3. The number of amides is 3. The number of halogens is 1. The summed E-state index contributed by atoms with van der Waals surface area (Å²) in [6.07, 6.45) is 2.95. The van der Waals surface area contributed by atoms with Crippen LogP contribution in [-0.4, -0.2) is 46.8 Å². The van der Waals surface area contributed by atoms with E-state index in [0.717, 1.165) is 0 Å². The largest absolute Gasteiger partial charge is 0.348 e. The Morgan fingerprint density at radius 2 is 1.77 bits per heavy atom. The first-order valence-corrected chi connectivity index (χ1v) is 10.0. The van der Waals surface area contributed by atoms with Gasteiger partial charge in [0.25, 0.3) is 11.5 Å². The summed E-state index contributed by atoms with van der Waals surface area (Å²) in [5, 5.41) is 5.46. The summed E-state index contributed by atoms with van der Waals surface area (Å²) in [6, 6.07) is 9.87. The normalized spacial score (nSPS) is 14.3. The second kappa shape index (κ2) is 9.58. The molecule has 3 rings (SSSR count). The van der Waals surface area contributed by atoms with Crippen molar-refractivity contribution in [1.29, 1.82) is 0 Å². The second-order valence-electron chi connectivity index (χ2n) is 7.22. The van der Waals surface area contributed by atoms with Crippen LogP contribution in [0.3, 0.4) is 0 Å². The second-order valence-corrected chi connectivity index (χ2v) is 7.62. The number of hydrogen-bond donors (Lipinski definition) is 2. The third-order valence-electron chi connectivity index (χ3n) is 5.14. The third-order valence-corrected chi connectivity index (χ3v) is 5.46. The quantitative estimate of drug-likeness (QED) is 0.720. The molecule has 3 amide bonds. The lowest BCUT2D eigenvalue weighted by Crippen LogP contribution is -2.44. The molecule has 158 valence electrons. The minimum Gasteiger partial charge on any atom is -0.348 e. The highest BCUT2D eigenvalue weighted by Gasteiger charge is 2.26. The summed E-state index contributed by atoms with van der Waals surface area (Å²) < 4.78 is 1.38. The fourth-order valence-corrected chi connectivity index (χ4v) is 3.51. The van der Waals surface area contributed by atoms with E-state index < -0.39 is 11.8 Å². The first kappa shape index (κ1) is 21.6. The Morgan fingerprint density at radius 1 is 1.07 bits per heavy atom. The maximum absolute atomic E-state index is 12.6. The fourth-order valence-electron chi connectivity index (χ4n) is 3.33. The molecule has 1 aliphatic rings. The van der Waals surface area contributed by atoms with Crippen LogP contribution in [0.5, 0.6) is 0 Å². The van der Waals surface area contributed by atoms with Crippen molar-refractivity contribution in [3.8, 4) is 0 Å².